The number of halogens is 3. The molecule has 1 rings (SSSR count). The zero-order valence-corrected chi connectivity index (χ0v) is 6.80. The van der Waals surface area contributed by atoms with E-state index in [0.717, 1.165) is 5.56 Å². The number of hydrogen-bond donors (Lipinski definition) is 0. The average Bonchev–Trinajstić information content (AvgIpc) is 1.84. The molecule has 1 aromatic carbocycles. The summed E-state index contributed by atoms with van der Waals surface area (Å²) < 4.78 is 12.5. The molecular formula is C7H5Cl2F. The molecule has 0 amide bonds. The number of rotatable bonds is 0. The lowest BCUT2D eigenvalue weighted by Crippen LogP contribution is -1.80. The molecule has 0 atom stereocenters. The van der Waals surface area contributed by atoms with E-state index >= 15 is 0 Å². The smallest absolute Gasteiger partial charge is 0.143 e. The minimum Gasteiger partial charge on any atom is -0.205 e. The fraction of sp³-hybridized carbons (Fsp3) is 0.143. The zero-order valence-electron chi connectivity index (χ0n) is 5.29. The molecular weight excluding hydrogens is 174 g/mol. The molecule has 54 valence electrons. The van der Waals surface area contributed by atoms with Crippen molar-refractivity contribution in [2.45, 2.75) is 6.92 Å². The van der Waals surface area contributed by atoms with Crippen molar-refractivity contribution in [3.63, 3.8) is 0 Å². The third kappa shape index (κ3) is 1.41. The molecule has 0 heterocycles. The van der Waals surface area contributed by atoms with Crippen LogP contribution in [0.2, 0.25) is 10.0 Å². The molecule has 0 saturated heterocycles. The van der Waals surface area contributed by atoms with Gasteiger partial charge in [0.05, 0.1) is 5.02 Å². The summed E-state index contributed by atoms with van der Waals surface area (Å²) >= 11 is 11.0. The van der Waals surface area contributed by atoms with Crippen molar-refractivity contribution in [3.05, 3.63) is 33.6 Å². The summed E-state index contributed by atoms with van der Waals surface area (Å²) in [5, 5.41) is 0.517. The van der Waals surface area contributed by atoms with Gasteiger partial charge >= 0.3 is 0 Å². The van der Waals surface area contributed by atoms with E-state index < -0.39 is 5.82 Å². The molecule has 3 heteroatoms. The highest BCUT2D eigenvalue weighted by Gasteiger charge is 2.02. The monoisotopic (exact) mass is 178 g/mol. The second kappa shape index (κ2) is 2.77. The van der Waals surface area contributed by atoms with Gasteiger partial charge in [-0.2, -0.15) is 0 Å². The highest BCUT2D eigenvalue weighted by atomic mass is 35.5. The van der Waals surface area contributed by atoms with Crippen LogP contribution in [-0.2, 0) is 0 Å². The van der Waals surface area contributed by atoms with Crippen LogP contribution < -0.4 is 0 Å². The number of hydrogen-bond acceptors (Lipinski definition) is 0. The van der Waals surface area contributed by atoms with E-state index in [1.54, 1.807) is 6.92 Å². The molecule has 0 bridgehead atoms. The second-order valence-electron chi connectivity index (χ2n) is 2.02. The van der Waals surface area contributed by atoms with Gasteiger partial charge in [-0.05, 0) is 24.6 Å². The maximum Gasteiger partial charge on any atom is 0.143 e. The highest BCUT2D eigenvalue weighted by Crippen LogP contribution is 2.22. The summed E-state index contributed by atoms with van der Waals surface area (Å²) in [4.78, 5) is 0. The number of aryl methyl sites for hydroxylation is 1. The molecule has 0 saturated carbocycles. The van der Waals surface area contributed by atoms with Gasteiger partial charge in [-0.15, -0.1) is 0 Å². The lowest BCUT2D eigenvalue weighted by Gasteiger charge is -1.98. The Kier molecular flexibility index (Phi) is 2.17. The van der Waals surface area contributed by atoms with Crippen molar-refractivity contribution in [2.75, 3.05) is 0 Å². The minimum absolute atomic E-state index is 0.113. The van der Waals surface area contributed by atoms with Gasteiger partial charge in [0.25, 0.3) is 0 Å². The highest BCUT2D eigenvalue weighted by molar-refractivity contribution is 6.33. The first-order chi connectivity index (χ1) is 4.61. The predicted molar refractivity (Wildman–Crippen MR) is 41.2 cm³/mol. The lowest BCUT2D eigenvalue weighted by molar-refractivity contribution is 0.628. The molecule has 0 radical (unpaired) electrons. The fourth-order valence-corrected chi connectivity index (χ4v) is 0.991. The minimum atomic E-state index is -0.475. The Hall–Kier alpha value is -0.270. The van der Waals surface area contributed by atoms with E-state index in [4.69, 9.17) is 23.2 Å². The quantitative estimate of drug-likeness (QED) is 0.535. The molecule has 10 heavy (non-hydrogen) atoms. The van der Waals surface area contributed by atoms with E-state index in [0.29, 0.717) is 5.02 Å². The van der Waals surface area contributed by atoms with Crippen LogP contribution in [0.25, 0.3) is 0 Å². The summed E-state index contributed by atoms with van der Waals surface area (Å²) in [6.45, 7) is 1.77. The second-order valence-corrected chi connectivity index (χ2v) is 2.83. The van der Waals surface area contributed by atoms with Crippen molar-refractivity contribution < 1.29 is 4.39 Å². The van der Waals surface area contributed by atoms with Crippen molar-refractivity contribution in [1.82, 2.24) is 0 Å². The van der Waals surface area contributed by atoms with Crippen molar-refractivity contribution in [1.29, 1.82) is 0 Å². The van der Waals surface area contributed by atoms with Gasteiger partial charge < -0.3 is 0 Å². The van der Waals surface area contributed by atoms with Gasteiger partial charge in [-0.3, -0.25) is 0 Å². The first-order valence-electron chi connectivity index (χ1n) is 2.72. The van der Waals surface area contributed by atoms with Crippen LogP contribution >= 0.6 is 23.2 Å². The first-order valence-corrected chi connectivity index (χ1v) is 3.48. The molecule has 0 nitrogen and oxygen atoms in total. The summed E-state index contributed by atoms with van der Waals surface area (Å²) in [5.41, 5.74) is 0.785. The third-order valence-corrected chi connectivity index (χ3v) is 1.90. The van der Waals surface area contributed by atoms with Crippen LogP contribution in [0.4, 0.5) is 4.39 Å². The van der Waals surface area contributed by atoms with Crippen LogP contribution in [0.1, 0.15) is 5.56 Å². The largest absolute Gasteiger partial charge is 0.205 e. The lowest BCUT2D eigenvalue weighted by atomic mass is 10.2. The van der Waals surface area contributed by atoms with Crippen molar-refractivity contribution in [2.24, 2.45) is 0 Å². The van der Waals surface area contributed by atoms with Gasteiger partial charge in [0.2, 0.25) is 0 Å². The van der Waals surface area contributed by atoms with Crippen LogP contribution in [0, 0.1) is 12.7 Å². The van der Waals surface area contributed by atoms with Gasteiger partial charge in [0.15, 0.2) is 0 Å². The van der Waals surface area contributed by atoms with Crippen molar-refractivity contribution >= 4 is 23.2 Å². The van der Waals surface area contributed by atoms with E-state index in [1.807, 2.05) is 0 Å². The average molecular weight is 179 g/mol. The Bertz CT molecular complexity index is 208. The van der Waals surface area contributed by atoms with Crippen molar-refractivity contribution in [3.8, 4) is 0 Å². The molecule has 0 unspecified atom stereocenters. The number of benzene rings is 1. The van der Waals surface area contributed by atoms with Gasteiger partial charge in [0, 0.05) is 5.02 Å². The fourth-order valence-electron chi connectivity index (χ4n) is 0.622. The third-order valence-electron chi connectivity index (χ3n) is 1.20. The first kappa shape index (κ1) is 7.83. The summed E-state index contributed by atoms with van der Waals surface area (Å²) in [6.07, 6.45) is 0. The zero-order chi connectivity index (χ0) is 7.72. The van der Waals surface area contributed by atoms with Crippen LogP contribution in [0.5, 0.6) is 0 Å². The van der Waals surface area contributed by atoms with Crippen LogP contribution in [-0.4, -0.2) is 0 Å². The standard InChI is InChI=1S/C7H5Cl2F/c1-4-2-6(9)7(10)3-5(4)8/h2-3H,1H3. The van der Waals surface area contributed by atoms with Gasteiger partial charge in [0.1, 0.15) is 5.82 Å². The van der Waals surface area contributed by atoms with E-state index in [2.05, 4.69) is 0 Å². The van der Waals surface area contributed by atoms with Crippen LogP contribution in [0.3, 0.4) is 0 Å². The molecule has 0 aliphatic rings. The Labute approximate surface area is 68.6 Å². The molecule has 0 fully saturated rings. The Morgan fingerprint density at radius 3 is 2.30 bits per heavy atom. The summed E-state index contributed by atoms with van der Waals surface area (Å²) in [5.74, 6) is -0.475. The maximum atomic E-state index is 12.5. The molecule has 0 aromatic heterocycles. The molecule has 0 spiro atoms. The topological polar surface area (TPSA) is 0 Å². The Balaban J connectivity index is 3.28. The molecule has 0 aliphatic carbocycles. The Morgan fingerprint density at radius 1 is 1.20 bits per heavy atom. The summed E-state index contributed by atoms with van der Waals surface area (Å²) in [6, 6.07) is 2.71. The van der Waals surface area contributed by atoms with Crippen LogP contribution in [0.15, 0.2) is 12.1 Å². The normalized spacial score (nSPS) is 10.0. The SMILES string of the molecule is Cc1cc(Cl)c(F)cc1Cl. The van der Waals surface area contributed by atoms with Gasteiger partial charge in [-0.1, -0.05) is 23.2 Å². The van der Waals surface area contributed by atoms with E-state index in [-0.39, 0.29) is 5.02 Å². The molecule has 0 aliphatic heterocycles. The molecule has 0 N–H and O–H groups in total. The predicted octanol–water partition coefficient (Wildman–Crippen LogP) is 3.44. The maximum absolute atomic E-state index is 12.5. The van der Waals surface area contributed by atoms with E-state index in [9.17, 15) is 4.39 Å². The van der Waals surface area contributed by atoms with Gasteiger partial charge in [-0.25, -0.2) is 4.39 Å². The van der Waals surface area contributed by atoms with E-state index in [1.165, 1.54) is 12.1 Å². The summed E-state index contributed by atoms with van der Waals surface area (Å²) in [7, 11) is 0. The Morgan fingerprint density at radius 2 is 1.80 bits per heavy atom. The molecule has 1 aromatic rings.